The van der Waals surface area contributed by atoms with Gasteiger partial charge in [-0.1, -0.05) is 23.7 Å². The van der Waals surface area contributed by atoms with E-state index in [4.69, 9.17) is 11.6 Å². The van der Waals surface area contributed by atoms with Gasteiger partial charge in [0.2, 0.25) is 0 Å². The van der Waals surface area contributed by atoms with Crippen molar-refractivity contribution in [2.45, 2.75) is 19.3 Å². The van der Waals surface area contributed by atoms with Gasteiger partial charge < -0.3 is 0 Å². The zero-order chi connectivity index (χ0) is 12.5. The van der Waals surface area contributed by atoms with Crippen LogP contribution in [0.5, 0.6) is 0 Å². The molecular formula is C15H12ClNO. The summed E-state index contributed by atoms with van der Waals surface area (Å²) in [7, 11) is 0. The van der Waals surface area contributed by atoms with E-state index in [2.05, 4.69) is 4.98 Å². The fourth-order valence-electron chi connectivity index (χ4n) is 2.48. The number of rotatable bonds is 2. The summed E-state index contributed by atoms with van der Waals surface area (Å²) in [5.74, 6) is 0. The molecule has 0 N–H and O–H groups in total. The second-order valence-corrected chi connectivity index (χ2v) is 4.94. The number of nitrogens with zero attached hydrogens (tertiary/aromatic N) is 1. The van der Waals surface area contributed by atoms with Crippen LogP contribution in [-0.2, 0) is 12.8 Å². The van der Waals surface area contributed by atoms with Crippen LogP contribution in [0.4, 0.5) is 0 Å². The molecule has 1 aromatic carbocycles. The summed E-state index contributed by atoms with van der Waals surface area (Å²) in [6.07, 6.45) is 3.94. The van der Waals surface area contributed by atoms with Gasteiger partial charge in [-0.05, 0) is 43.0 Å². The third kappa shape index (κ3) is 1.93. The molecule has 0 radical (unpaired) electrons. The molecule has 2 aromatic rings. The minimum Gasteiger partial charge on any atom is -0.298 e. The summed E-state index contributed by atoms with van der Waals surface area (Å²) in [5.41, 5.74) is 4.75. The number of aromatic nitrogens is 1. The molecule has 0 amide bonds. The fraction of sp³-hybridized carbons (Fsp3) is 0.200. The zero-order valence-corrected chi connectivity index (χ0v) is 10.6. The van der Waals surface area contributed by atoms with Gasteiger partial charge in [-0.2, -0.15) is 0 Å². The highest BCUT2D eigenvalue weighted by Crippen LogP contribution is 2.28. The van der Waals surface area contributed by atoms with Crippen molar-refractivity contribution in [2.24, 2.45) is 0 Å². The Morgan fingerprint density at radius 1 is 1.22 bits per heavy atom. The highest BCUT2D eigenvalue weighted by molar-refractivity contribution is 6.30. The van der Waals surface area contributed by atoms with Gasteiger partial charge in [0.05, 0.1) is 5.69 Å². The van der Waals surface area contributed by atoms with Gasteiger partial charge in [-0.15, -0.1) is 0 Å². The van der Waals surface area contributed by atoms with Gasteiger partial charge in [0.15, 0.2) is 0 Å². The lowest BCUT2D eigenvalue weighted by molar-refractivity contribution is 0.112. The molecule has 0 spiro atoms. The van der Waals surface area contributed by atoms with Crippen LogP contribution in [0.1, 0.15) is 28.0 Å². The van der Waals surface area contributed by atoms with Crippen LogP contribution in [-0.4, -0.2) is 11.3 Å². The minimum absolute atomic E-state index is 0.683. The van der Waals surface area contributed by atoms with Crippen LogP contribution in [0.2, 0.25) is 5.02 Å². The fourth-order valence-corrected chi connectivity index (χ4v) is 2.67. The number of fused-ring (bicyclic) bond motifs is 1. The summed E-state index contributed by atoms with van der Waals surface area (Å²) in [4.78, 5) is 15.8. The molecule has 3 rings (SSSR count). The first-order valence-corrected chi connectivity index (χ1v) is 6.39. The van der Waals surface area contributed by atoms with Gasteiger partial charge in [0, 0.05) is 21.8 Å². The number of aryl methyl sites for hydroxylation is 1. The predicted octanol–water partition coefficient (Wildman–Crippen LogP) is 3.70. The third-order valence-corrected chi connectivity index (χ3v) is 3.57. The number of hydrogen-bond acceptors (Lipinski definition) is 2. The lowest BCUT2D eigenvalue weighted by Crippen LogP contribution is -1.97. The summed E-state index contributed by atoms with van der Waals surface area (Å²) >= 11 is 5.99. The molecule has 1 aliphatic carbocycles. The normalized spacial score (nSPS) is 13.4. The van der Waals surface area contributed by atoms with Crippen LogP contribution in [0.15, 0.2) is 30.3 Å². The zero-order valence-electron chi connectivity index (χ0n) is 9.82. The third-order valence-electron chi connectivity index (χ3n) is 3.33. The summed E-state index contributed by atoms with van der Waals surface area (Å²) < 4.78 is 0. The van der Waals surface area contributed by atoms with E-state index in [9.17, 15) is 4.79 Å². The van der Waals surface area contributed by atoms with Gasteiger partial charge in [0.1, 0.15) is 6.29 Å². The Bertz CT molecular complexity index is 622. The monoisotopic (exact) mass is 257 g/mol. The predicted molar refractivity (Wildman–Crippen MR) is 72.1 cm³/mol. The van der Waals surface area contributed by atoms with Crippen LogP contribution in [0, 0.1) is 0 Å². The minimum atomic E-state index is 0.683. The molecule has 0 bridgehead atoms. The highest BCUT2D eigenvalue weighted by Gasteiger charge is 2.18. The number of benzene rings is 1. The highest BCUT2D eigenvalue weighted by atomic mass is 35.5. The van der Waals surface area contributed by atoms with Crippen LogP contribution in [0.3, 0.4) is 0 Å². The van der Waals surface area contributed by atoms with Crippen molar-refractivity contribution in [3.63, 3.8) is 0 Å². The first-order chi connectivity index (χ1) is 8.78. The topological polar surface area (TPSA) is 30.0 Å². The van der Waals surface area contributed by atoms with E-state index in [0.29, 0.717) is 5.02 Å². The van der Waals surface area contributed by atoms with E-state index in [0.717, 1.165) is 53.6 Å². The summed E-state index contributed by atoms with van der Waals surface area (Å²) in [6.45, 7) is 0. The molecule has 3 heteroatoms. The van der Waals surface area contributed by atoms with Crippen LogP contribution < -0.4 is 0 Å². The number of pyridine rings is 1. The lowest BCUT2D eigenvalue weighted by atomic mass is 10.0. The first kappa shape index (κ1) is 11.4. The van der Waals surface area contributed by atoms with Gasteiger partial charge >= 0.3 is 0 Å². The molecule has 1 aliphatic rings. The maximum Gasteiger partial charge on any atom is 0.150 e. The van der Waals surface area contributed by atoms with Crippen molar-refractivity contribution in [1.29, 1.82) is 0 Å². The van der Waals surface area contributed by atoms with Crippen molar-refractivity contribution < 1.29 is 4.79 Å². The first-order valence-electron chi connectivity index (χ1n) is 6.02. The van der Waals surface area contributed by atoms with Gasteiger partial charge in [-0.25, -0.2) is 0 Å². The van der Waals surface area contributed by atoms with E-state index in [1.807, 2.05) is 30.3 Å². The van der Waals surface area contributed by atoms with E-state index >= 15 is 0 Å². The smallest absolute Gasteiger partial charge is 0.150 e. The van der Waals surface area contributed by atoms with Crippen molar-refractivity contribution in [3.05, 3.63) is 52.2 Å². The Labute approximate surface area is 111 Å². The number of hydrogen-bond donors (Lipinski definition) is 0. The maximum atomic E-state index is 11.2. The summed E-state index contributed by atoms with van der Waals surface area (Å²) in [5, 5.41) is 0.683. The van der Waals surface area contributed by atoms with Crippen molar-refractivity contribution in [3.8, 4) is 11.3 Å². The van der Waals surface area contributed by atoms with E-state index in [1.165, 1.54) is 0 Å². The molecule has 0 unspecified atom stereocenters. The average Bonchev–Trinajstić information content (AvgIpc) is 2.85. The Hall–Kier alpha value is -1.67. The molecule has 2 nitrogen and oxygen atoms in total. The second kappa shape index (κ2) is 4.54. The Morgan fingerprint density at radius 3 is 2.89 bits per heavy atom. The lowest BCUT2D eigenvalue weighted by Gasteiger charge is -2.07. The van der Waals surface area contributed by atoms with Gasteiger partial charge in [0.25, 0.3) is 0 Å². The quantitative estimate of drug-likeness (QED) is 0.768. The molecule has 0 saturated heterocycles. The average molecular weight is 258 g/mol. The van der Waals surface area contributed by atoms with Gasteiger partial charge in [-0.3, -0.25) is 9.78 Å². The van der Waals surface area contributed by atoms with E-state index in [1.54, 1.807) is 0 Å². The number of halogens is 1. The Balaban J connectivity index is 2.16. The number of aldehydes is 1. The van der Waals surface area contributed by atoms with Crippen molar-refractivity contribution >= 4 is 17.9 Å². The number of carbonyl (C=O) groups is 1. The molecule has 0 aliphatic heterocycles. The Kier molecular flexibility index (Phi) is 2.88. The molecule has 1 heterocycles. The molecule has 0 saturated carbocycles. The molecule has 90 valence electrons. The molecule has 0 atom stereocenters. The standard InChI is InChI=1S/C15H12ClNO/c16-12-4-1-3-10(7-12)15-8-11(9-18)13-5-2-6-14(13)17-15/h1,3-4,7-9H,2,5-6H2. The molecule has 1 aromatic heterocycles. The molecular weight excluding hydrogens is 246 g/mol. The van der Waals surface area contributed by atoms with Crippen LogP contribution >= 0.6 is 11.6 Å². The van der Waals surface area contributed by atoms with Crippen molar-refractivity contribution in [1.82, 2.24) is 4.98 Å². The van der Waals surface area contributed by atoms with Crippen molar-refractivity contribution in [2.75, 3.05) is 0 Å². The second-order valence-electron chi connectivity index (χ2n) is 4.50. The number of carbonyl (C=O) groups excluding carboxylic acids is 1. The summed E-state index contributed by atoms with van der Waals surface area (Å²) in [6, 6.07) is 9.43. The Morgan fingerprint density at radius 2 is 2.11 bits per heavy atom. The molecule has 18 heavy (non-hydrogen) atoms. The maximum absolute atomic E-state index is 11.2. The van der Waals surface area contributed by atoms with E-state index < -0.39 is 0 Å². The SMILES string of the molecule is O=Cc1cc(-c2cccc(Cl)c2)nc2c1CCC2. The van der Waals surface area contributed by atoms with Crippen LogP contribution in [0.25, 0.3) is 11.3 Å². The molecule has 0 fully saturated rings. The van der Waals surface area contributed by atoms with E-state index in [-0.39, 0.29) is 0 Å². The largest absolute Gasteiger partial charge is 0.298 e.